The zero-order valence-electron chi connectivity index (χ0n) is 8.83. The van der Waals surface area contributed by atoms with Gasteiger partial charge in [-0.3, -0.25) is 4.79 Å². The molecule has 4 heteroatoms. The van der Waals surface area contributed by atoms with Crippen LogP contribution in [0.1, 0.15) is 17.5 Å². The number of aryl methyl sites for hydroxylation is 2. The third-order valence-electron chi connectivity index (χ3n) is 2.13. The summed E-state index contributed by atoms with van der Waals surface area (Å²) in [5.74, 6) is -0.175. The first-order valence-electron chi connectivity index (χ1n) is 4.64. The zero-order valence-corrected chi connectivity index (χ0v) is 9.65. The van der Waals surface area contributed by atoms with Gasteiger partial charge in [0.25, 0.3) is 0 Å². The average molecular weight is 222 g/mol. The Hall–Kier alpha value is -1.42. The third-order valence-corrected chi connectivity index (χ3v) is 2.27. The number of benzene rings is 1. The van der Waals surface area contributed by atoms with Crippen molar-refractivity contribution in [3.05, 3.63) is 29.3 Å². The predicted molar refractivity (Wildman–Crippen MR) is 65.9 cm³/mol. The number of thiocarbonyl (C=S) groups is 1. The van der Waals surface area contributed by atoms with E-state index in [1.54, 1.807) is 0 Å². The van der Waals surface area contributed by atoms with Gasteiger partial charge in [-0.05, 0) is 37.1 Å². The Bertz CT molecular complexity index is 402. The summed E-state index contributed by atoms with van der Waals surface area (Å²) in [7, 11) is 0. The Morgan fingerprint density at radius 3 is 2.60 bits per heavy atom. The number of amides is 1. The molecular weight excluding hydrogens is 208 g/mol. The molecule has 0 atom stereocenters. The highest BCUT2D eigenvalue weighted by Gasteiger charge is 2.04. The lowest BCUT2D eigenvalue weighted by molar-refractivity contribution is -0.115. The van der Waals surface area contributed by atoms with Gasteiger partial charge in [-0.15, -0.1) is 0 Å². The van der Waals surface area contributed by atoms with Crippen LogP contribution in [0.3, 0.4) is 0 Å². The molecule has 15 heavy (non-hydrogen) atoms. The standard InChI is InChI=1S/C11H14N2OS/c1-7-3-4-9(5-8(7)2)13-11(14)6-10(12)15/h3-5H,6H2,1-2H3,(H2,12,15)(H,13,14). The van der Waals surface area contributed by atoms with E-state index < -0.39 is 0 Å². The molecule has 3 N–H and O–H groups in total. The first-order valence-corrected chi connectivity index (χ1v) is 5.05. The van der Waals surface area contributed by atoms with Crippen LogP contribution in [0.4, 0.5) is 5.69 Å². The fraction of sp³-hybridized carbons (Fsp3) is 0.273. The molecule has 0 saturated carbocycles. The first-order chi connectivity index (χ1) is 6.99. The smallest absolute Gasteiger partial charge is 0.231 e. The molecule has 0 fully saturated rings. The predicted octanol–water partition coefficient (Wildman–Crippen LogP) is 1.92. The van der Waals surface area contributed by atoms with Crippen molar-refractivity contribution in [1.82, 2.24) is 0 Å². The number of anilines is 1. The van der Waals surface area contributed by atoms with Crippen LogP contribution in [0.5, 0.6) is 0 Å². The summed E-state index contributed by atoms with van der Waals surface area (Å²) in [5, 5.41) is 2.73. The molecular formula is C11H14N2OS. The molecule has 0 spiro atoms. The number of carbonyl (C=O) groups is 1. The van der Waals surface area contributed by atoms with Crippen molar-refractivity contribution in [2.45, 2.75) is 20.3 Å². The van der Waals surface area contributed by atoms with Gasteiger partial charge in [-0.2, -0.15) is 0 Å². The second-order valence-electron chi connectivity index (χ2n) is 3.49. The Kier molecular flexibility index (Phi) is 3.80. The molecule has 1 amide bonds. The largest absolute Gasteiger partial charge is 0.393 e. The van der Waals surface area contributed by atoms with Crippen LogP contribution in [0, 0.1) is 13.8 Å². The molecule has 0 aromatic heterocycles. The number of hydrogen-bond acceptors (Lipinski definition) is 2. The summed E-state index contributed by atoms with van der Waals surface area (Å²) in [6.07, 6.45) is 0.0856. The Labute approximate surface area is 94.7 Å². The van der Waals surface area contributed by atoms with Crippen LogP contribution in [0.25, 0.3) is 0 Å². The number of rotatable bonds is 3. The maximum Gasteiger partial charge on any atom is 0.231 e. The number of nitrogens with two attached hydrogens (primary N) is 1. The van der Waals surface area contributed by atoms with Gasteiger partial charge in [-0.25, -0.2) is 0 Å². The van der Waals surface area contributed by atoms with E-state index in [0.29, 0.717) is 0 Å². The van der Waals surface area contributed by atoms with Crippen molar-refractivity contribution in [2.75, 3.05) is 5.32 Å². The van der Waals surface area contributed by atoms with Crippen LogP contribution in [0.15, 0.2) is 18.2 Å². The van der Waals surface area contributed by atoms with Gasteiger partial charge in [-0.1, -0.05) is 18.3 Å². The van der Waals surface area contributed by atoms with Gasteiger partial charge < -0.3 is 11.1 Å². The Morgan fingerprint density at radius 2 is 2.07 bits per heavy atom. The van der Waals surface area contributed by atoms with Gasteiger partial charge >= 0.3 is 0 Å². The van der Waals surface area contributed by atoms with Crippen LogP contribution in [0.2, 0.25) is 0 Å². The van der Waals surface area contributed by atoms with Crippen LogP contribution >= 0.6 is 12.2 Å². The highest BCUT2D eigenvalue weighted by atomic mass is 32.1. The molecule has 0 unspecified atom stereocenters. The van der Waals surface area contributed by atoms with Gasteiger partial charge in [0.1, 0.15) is 0 Å². The lowest BCUT2D eigenvalue weighted by Gasteiger charge is -2.06. The lowest BCUT2D eigenvalue weighted by atomic mass is 10.1. The number of nitrogens with one attached hydrogen (secondary N) is 1. The summed E-state index contributed by atoms with van der Waals surface area (Å²) in [4.78, 5) is 11.5. The third kappa shape index (κ3) is 3.67. The maximum atomic E-state index is 11.3. The van der Waals surface area contributed by atoms with Crippen molar-refractivity contribution in [1.29, 1.82) is 0 Å². The summed E-state index contributed by atoms with van der Waals surface area (Å²) in [6.45, 7) is 4.02. The van der Waals surface area contributed by atoms with E-state index in [-0.39, 0.29) is 17.3 Å². The van der Waals surface area contributed by atoms with Gasteiger partial charge in [0.15, 0.2) is 0 Å². The van der Waals surface area contributed by atoms with Crippen LogP contribution in [-0.2, 0) is 4.79 Å². The summed E-state index contributed by atoms with van der Waals surface area (Å²) >= 11 is 4.65. The fourth-order valence-electron chi connectivity index (χ4n) is 1.18. The molecule has 0 heterocycles. The normalized spacial score (nSPS) is 9.73. The van der Waals surface area contributed by atoms with Crippen molar-refractivity contribution in [2.24, 2.45) is 5.73 Å². The van der Waals surface area contributed by atoms with E-state index >= 15 is 0 Å². The molecule has 3 nitrogen and oxygen atoms in total. The molecule has 1 aromatic carbocycles. The van der Waals surface area contributed by atoms with E-state index in [4.69, 9.17) is 5.73 Å². The Balaban J connectivity index is 2.69. The average Bonchev–Trinajstić information content (AvgIpc) is 2.10. The van der Waals surface area contributed by atoms with Crippen LogP contribution in [-0.4, -0.2) is 10.9 Å². The van der Waals surface area contributed by atoms with Crippen LogP contribution < -0.4 is 11.1 Å². The molecule has 1 aromatic rings. The van der Waals surface area contributed by atoms with Crippen molar-refractivity contribution >= 4 is 28.8 Å². The highest BCUT2D eigenvalue weighted by Crippen LogP contribution is 2.14. The van der Waals surface area contributed by atoms with E-state index in [1.165, 1.54) is 5.56 Å². The zero-order chi connectivity index (χ0) is 11.4. The van der Waals surface area contributed by atoms with Crippen molar-refractivity contribution < 1.29 is 4.79 Å². The number of carbonyl (C=O) groups excluding carboxylic acids is 1. The molecule has 80 valence electrons. The topological polar surface area (TPSA) is 55.1 Å². The van der Waals surface area contributed by atoms with E-state index in [9.17, 15) is 4.79 Å². The minimum atomic E-state index is -0.175. The first kappa shape index (κ1) is 11.7. The summed E-state index contributed by atoms with van der Waals surface area (Å²) in [6, 6.07) is 5.75. The van der Waals surface area contributed by atoms with Crippen molar-refractivity contribution in [3.8, 4) is 0 Å². The second kappa shape index (κ2) is 4.89. The fourth-order valence-corrected chi connectivity index (χ4v) is 1.31. The summed E-state index contributed by atoms with van der Waals surface area (Å²) < 4.78 is 0. The lowest BCUT2D eigenvalue weighted by Crippen LogP contribution is -2.20. The van der Waals surface area contributed by atoms with E-state index in [0.717, 1.165) is 11.3 Å². The van der Waals surface area contributed by atoms with Gasteiger partial charge in [0.05, 0.1) is 11.4 Å². The quantitative estimate of drug-likeness (QED) is 0.768. The SMILES string of the molecule is Cc1ccc(NC(=O)CC(N)=S)cc1C. The minimum Gasteiger partial charge on any atom is -0.393 e. The summed E-state index contributed by atoms with van der Waals surface area (Å²) in [5.41, 5.74) is 8.39. The molecule has 0 aliphatic carbocycles. The molecule has 0 aliphatic heterocycles. The maximum absolute atomic E-state index is 11.3. The highest BCUT2D eigenvalue weighted by molar-refractivity contribution is 7.80. The number of hydrogen-bond donors (Lipinski definition) is 2. The second-order valence-corrected chi connectivity index (χ2v) is 4.01. The van der Waals surface area contributed by atoms with Gasteiger partial charge in [0, 0.05) is 5.69 Å². The molecule has 0 aliphatic rings. The van der Waals surface area contributed by atoms with E-state index in [2.05, 4.69) is 17.5 Å². The molecule has 0 radical (unpaired) electrons. The van der Waals surface area contributed by atoms with Crippen molar-refractivity contribution in [3.63, 3.8) is 0 Å². The molecule has 0 saturated heterocycles. The van der Waals surface area contributed by atoms with E-state index in [1.807, 2.05) is 32.0 Å². The molecule has 1 rings (SSSR count). The monoisotopic (exact) mass is 222 g/mol. The molecule has 0 bridgehead atoms. The minimum absolute atomic E-state index is 0.0856. The van der Waals surface area contributed by atoms with Gasteiger partial charge in [0.2, 0.25) is 5.91 Å². The Morgan fingerprint density at radius 1 is 1.40 bits per heavy atom.